The summed E-state index contributed by atoms with van der Waals surface area (Å²) in [6, 6.07) is 13.5. The molecule has 2 aromatic heterocycles. The van der Waals surface area contributed by atoms with Crippen LogP contribution < -0.4 is 4.74 Å². The van der Waals surface area contributed by atoms with Crippen molar-refractivity contribution in [1.82, 2.24) is 9.80 Å². The van der Waals surface area contributed by atoms with Crippen molar-refractivity contribution in [1.29, 1.82) is 0 Å². The minimum Gasteiger partial charge on any atom is -0.491 e. The highest BCUT2D eigenvalue weighted by atomic mass is 32.1. The average Bonchev–Trinajstić information content (AvgIpc) is 3.33. The summed E-state index contributed by atoms with van der Waals surface area (Å²) < 4.78 is 11.6. The second kappa shape index (κ2) is 9.43. The van der Waals surface area contributed by atoms with Crippen LogP contribution in [0.25, 0.3) is 0 Å². The number of benzene rings is 1. The number of amides is 2. The van der Waals surface area contributed by atoms with Crippen molar-refractivity contribution in [3.8, 4) is 5.75 Å². The van der Waals surface area contributed by atoms with Gasteiger partial charge in [-0.05, 0) is 67.5 Å². The van der Waals surface area contributed by atoms with Gasteiger partial charge < -0.3 is 19.0 Å². The molecule has 1 aliphatic heterocycles. The Bertz CT molecular complexity index is 1100. The van der Waals surface area contributed by atoms with Gasteiger partial charge in [-0.1, -0.05) is 17.7 Å². The third-order valence-electron chi connectivity index (χ3n) is 6.34. The van der Waals surface area contributed by atoms with Gasteiger partial charge in [-0.15, -0.1) is 11.3 Å². The molecule has 3 aromatic rings. The van der Waals surface area contributed by atoms with Crippen molar-refractivity contribution in [3.05, 3.63) is 75.9 Å². The van der Waals surface area contributed by atoms with E-state index in [1.165, 1.54) is 10.4 Å². The van der Waals surface area contributed by atoms with Crippen LogP contribution in [0.3, 0.4) is 0 Å². The van der Waals surface area contributed by atoms with Crippen LogP contribution in [0.1, 0.15) is 40.6 Å². The maximum absolute atomic E-state index is 13.5. The number of ether oxygens (including phenoxy) is 1. The third kappa shape index (κ3) is 4.98. The van der Waals surface area contributed by atoms with E-state index in [1.807, 2.05) is 42.2 Å². The van der Waals surface area contributed by atoms with Crippen LogP contribution >= 0.6 is 11.3 Å². The van der Waals surface area contributed by atoms with Gasteiger partial charge in [0.05, 0.1) is 18.8 Å². The van der Waals surface area contributed by atoms with E-state index in [0.717, 1.165) is 30.6 Å². The van der Waals surface area contributed by atoms with E-state index in [2.05, 4.69) is 11.4 Å². The molecule has 1 fully saturated rings. The van der Waals surface area contributed by atoms with Crippen molar-refractivity contribution in [2.24, 2.45) is 5.92 Å². The fourth-order valence-corrected chi connectivity index (χ4v) is 5.26. The van der Waals surface area contributed by atoms with Crippen LogP contribution in [0, 0.1) is 12.8 Å². The first kappa shape index (κ1) is 21.8. The summed E-state index contributed by atoms with van der Waals surface area (Å²) in [6.07, 6.45) is 4.22. The van der Waals surface area contributed by atoms with E-state index in [0.29, 0.717) is 25.5 Å². The Morgan fingerprint density at radius 1 is 1.18 bits per heavy atom. The van der Waals surface area contributed by atoms with Gasteiger partial charge in [0.25, 0.3) is 0 Å². The van der Waals surface area contributed by atoms with Crippen LogP contribution in [-0.4, -0.2) is 41.3 Å². The van der Waals surface area contributed by atoms with Crippen molar-refractivity contribution in [2.45, 2.75) is 38.8 Å². The summed E-state index contributed by atoms with van der Waals surface area (Å²) in [5.41, 5.74) is 2.33. The van der Waals surface area contributed by atoms with Crippen molar-refractivity contribution < 1.29 is 18.7 Å². The lowest BCUT2D eigenvalue weighted by atomic mass is 10.0. The molecule has 33 heavy (non-hydrogen) atoms. The lowest BCUT2D eigenvalue weighted by molar-refractivity contribution is -0.144. The molecule has 1 saturated carbocycles. The lowest BCUT2D eigenvalue weighted by Crippen LogP contribution is -2.47. The molecule has 3 heterocycles. The number of rotatable bonds is 8. The fraction of sp³-hybridized carbons (Fsp3) is 0.385. The third-order valence-corrected chi connectivity index (χ3v) is 7.33. The molecule has 6 nitrogen and oxygen atoms in total. The Kier molecular flexibility index (Phi) is 6.22. The van der Waals surface area contributed by atoms with E-state index in [9.17, 15) is 9.59 Å². The monoisotopic (exact) mass is 464 g/mol. The quantitative estimate of drug-likeness (QED) is 0.489. The van der Waals surface area contributed by atoms with Gasteiger partial charge >= 0.3 is 0 Å². The minimum atomic E-state index is -0.171. The molecule has 172 valence electrons. The molecule has 1 atom stereocenters. The van der Waals surface area contributed by atoms with E-state index in [4.69, 9.17) is 9.15 Å². The van der Waals surface area contributed by atoms with Crippen LogP contribution in [0.5, 0.6) is 5.75 Å². The zero-order valence-electron chi connectivity index (χ0n) is 18.7. The average molecular weight is 465 g/mol. The Labute approximate surface area is 197 Å². The predicted octanol–water partition coefficient (Wildman–Crippen LogP) is 4.59. The smallest absolute Gasteiger partial charge is 0.242 e. The molecule has 1 unspecified atom stereocenters. The van der Waals surface area contributed by atoms with Gasteiger partial charge in [-0.2, -0.15) is 0 Å². The first-order chi connectivity index (χ1) is 16.1. The highest BCUT2D eigenvalue weighted by Crippen LogP contribution is 2.35. The molecule has 0 N–H and O–H groups in total. The Morgan fingerprint density at radius 2 is 2.00 bits per heavy atom. The van der Waals surface area contributed by atoms with Crippen molar-refractivity contribution >= 4 is 23.2 Å². The predicted molar refractivity (Wildman–Crippen MR) is 126 cm³/mol. The maximum Gasteiger partial charge on any atom is 0.242 e. The maximum atomic E-state index is 13.5. The fourth-order valence-electron chi connectivity index (χ4n) is 4.33. The topological polar surface area (TPSA) is 63.0 Å². The summed E-state index contributed by atoms with van der Waals surface area (Å²) >= 11 is 1.73. The second-order valence-corrected chi connectivity index (χ2v) is 9.82. The van der Waals surface area contributed by atoms with E-state index in [1.54, 1.807) is 28.6 Å². The number of furan rings is 1. The van der Waals surface area contributed by atoms with Gasteiger partial charge in [0.15, 0.2) is 0 Å². The molecule has 2 amide bonds. The van der Waals surface area contributed by atoms with Gasteiger partial charge in [0, 0.05) is 17.3 Å². The number of aryl methyl sites for hydroxylation is 1. The van der Waals surface area contributed by atoms with Crippen LogP contribution in [0.2, 0.25) is 0 Å². The summed E-state index contributed by atoms with van der Waals surface area (Å²) in [7, 11) is 0. The van der Waals surface area contributed by atoms with Crippen molar-refractivity contribution in [3.63, 3.8) is 0 Å². The Morgan fingerprint density at radius 3 is 2.73 bits per heavy atom. The van der Waals surface area contributed by atoms with E-state index < -0.39 is 0 Å². The van der Waals surface area contributed by atoms with Gasteiger partial charge in [-0.25, -0.2) is 0 Å². The van der Waals surface area contributed by atoms with Crippen LogP contribution in [0.15, 0.2) is 58.5 Å². The lowest BCUT2D eigenvalue weighted by Gasteiger charge is -2.37. The molecule has 1 aliphatic carbocycles. The normalized spacial score (nSPS) is 17.5. The molecule has 7 heteroatoms. The van der Waals surface area contributed by atoms with E-state index in [-0.39, 0.29) is 30.3 Å². The summed E-state index contributed by atoms with van der Waals surface area (Å²) in [5, 5.41) is 2.08. The summed E-state index contributed by atoms with van der Waals surface area (Å²) in [4.78, 5) is 31.3. The molecule has 2 aliphatic rings. The number of carbonyl (C=O) groups is 2. The number of hydrogen-bond acceptors (Lipinski definition) is 5. The second-order valence-electron chi connectivity index (χ2n) is 8.82. The Hall–Kier alpha value is -3.06. The highest BCUT2D eigenvalue weighted by Gasteiger charge is 2.37. The first-order valence-electron chi connectivity index (χ1n) is 11.4. The summed E-state index contributed by atoms with van der Waals surface area (Å²) in [5.74, 6) is 1.51. The largest absolute Gasteiger partial charge is 0.491 e. The van der Waals surface area contributed by atoms with Crippen molar-refractivity contribution in [2.75, 3.05) is 19.7 Å². The van der Waals surface area contributed by atoms with Crippen LogP contribution in [-0.2, 0) is 22.6 Å². The SMILES string of the molecule is Cc1ccc(OCC2c3ccsc3CCN2C(=O)CN(Cc2ccco2)C(=O)C2CC2)cc1. The molecular weight excluding hydrogens is 436 g/mol. The standard InChI is InChI=1S/C26H28N2O4S/c1-18-4-8-20(9-5-18)32-17-23-22-11-14-33-24(22)10-12-28(23)25(29)16-27(26(30)19-6-7-19)15-21-3-2-13-31-21/h2-5,8-9,11,13-14,19,23H,6-7,10,12,15-17H2,1H3. The number of hydrogen-bond donors (Lipinski definition) is 0. The zero-order valence-corrected chi connectivity index (χ0v) is 19.6. The van der Waals surface area contributed by atoms with Gasteiger partial charge in [-0.3, -0.25) is 9.59 Å². The molecule has 0 spiro atoms. The Balaban J connectivity index is 1.32. The zero-order chi connectivity index (χ0) is 22.8. The summed E-state index contributed by atoms with van der Waals surface area (Å²) in [6.45, 7) is 3.42. The molecular formula is C26H28N2O4S. The highest BCUT2D eigenvalue weighted by molar-refractivity contribution is 7.10. The molecule has 0 radical (unpaired) electrons. The number of nitrogens with zero attached hydrogens (tertiary/aromatic N) is 2. The van der Waals surface area contributed by atoms with Crippen LogP contribution in [0.4, 0.5) is 0 Å². The van der Waals surface area contributed by atoms with Gasteiger partial charge in [0.2, 0.25) is 11.8 Å². The molecule has 1 aromatic carbocycles. The number of carbonyl (C=O) groups excluding carboxylic acids is 2. The first-order valence-corrected chi connectivity index (χ1v) is 12.3. The molecule has 0 saturated heterocycles. The molecule has 5 rings (SSSR count). The minimum absolute atomic E-state index is 0.0401. The van der Waals surface area contributed by atoms with Gasteiger partial charge in [0.1, 0.15) is 24.7 Å². The van der Waals surface area contributed by atoms with E-state index >= 15 is 0 Å². The molecule has 0 bridgehead atoms. The number of thiophene rings is 1. The number of fused-ring (bicyclic) bond motifs is 1.